The van der Waals surface area contributed by atoms with Crippen molar-refractivity contribution in [3.8, 4) is 5.75 Å². The van der Waals surface area contributed by atoms with Crippen molar-refractivity contribution in [2.75, 3.05) is 19.8 Å². The molecule has 2 aromatic rings. The third-order valence-corrected chi connectivity index (χ3v) is 3.06. The number of nitrogens with zero attached hydrogens (tertiary/aromatic N) is 1. The second kappa shape index (κ2) is 7.24. The van der Waals surface area contributed by atoms with Crippen molar-refractivity contribution in [1.29, 1.82) is 0 Å². The van der Waals surface area contributed by atoms with Gasteiger partial charge in [-0.2, -0.15) is 0 Å². The van der Waals surface area contributed by atoms with Crippen molar-refractivity contribution in [3.05, 3.63) is 40.8 Å². The fourth-order valence-electron chi connectivity index (χ4n) is 2.14. The van der Waals surface area contributed by atoms with Crippen LogP contribution in [-0.4, -0.2) is 30.4 Å². The standard InChI is InChI=1S/C16H22N2O3/c1-12(2)21-14-3-4-15-13(11-14)5-7-18(16(15)19)8-10-20-9-6-17/h3-5,7,11-12H,6,8-10,17H2,1-2H3. The summed E-state index contributed by atoms with van der Waals surface area (Å²) in [4.78, 5) is 12.4. The van der Waals surface area contributed by atoms with Gasteiger partial charge in [-0.25, -0.2) is 0 Å². The van der Waals surface area contributed by atoms with Crippen molar-refractivity contribution in [2.45, 2.75) is 26.5 Å². The van der Waals surface area contributed by atoms with Crippen LogP contribution in [0.1, 0.15) is 13.8 Å². The van der Waals surface area contributed by atoms with Gasteiger partial charge in [0.1, 0.15) is 5.75 Å². The normalized spacial score (nSPS) is 11.2. The maximum atomic E-state index is 12.4. The van der Waals surface area contributed by atoms with Crippen LogP contribution < -0.4 is 16.0 Å². The lowest BCUT2D eigenvalue weighted by Crippen LogP contribution is -2.22. The molecule has 21 heavy (non-hydrogen) atoms. The first-order valence-corrected chi connectivity index (χ1v) is 7.19. The molecule has 0 saturated carbocycles. The summed E-state index contributed by atoms with van der Waals surface area (Å²) < 4.78 is 12.6. The molecule has 0 aliphatic carbocycles. The molecule has 0 saturated heterocycles. The second-order valence-corrected chi connectivity index (χ2v) is 5.13. The number of pyridine rings is 1. The molecular weight excluding hydrogens is 268 g/mol. The van der Waals surface area contributed by atoms with Crippen LogP contribution >= 0.6 is 0 Å². The minimum absolute atomic E-state index is 0.0139. The van der Waals surface area contributed by atoms with Crippen LogP contribution in [-0.2, 0) is 11.3 Å². The Hall–Kier alpha value is -1.85. The van der Waals surface area contributed by atoms with Gasteiger partial charge in [0.25, 0.3) is 5.56 Å². The molecule has 5 heteroatoms. The summed E-state index contributed by atoms with van der Waals surface area (Å²) in [6.45, 7) is 5.96. The van der Waals surface area contributed by atoms with Gasteiger partial charge < -0.3 is 19.8 Å². The van der Waals surface area contributed by atoms with Gasteiger partial charge in [-0.1, -0.05) is 0 Å². The van der Waals surface area contributed by atoms with E-state index in [1.54, 1.807) is 10.8 Å². The molecule has 0 radical (unpaired) electrons. The third-order valence-electron chi connectivity index (χ3n) is 3.06. The molecule has 1 aromatic heterocycles. The topological polar surface area (TPSA) is 66.5 Å². The van der Waals surface area contributed by atoms with Gasteiger partial charge in [-0.3, -0.25) is 4.79 Å². The number of benzene rings is 1. The lowest BCUT2D eigenvalue weighted by molar-refractivity contribution is 0.132. The van der Waals surface area contributed by atoms with Gasteiger partial charge in [0.15, 0.2) is 0 Å². The van der Waals surface area contributed by atoms with Crippen LogP contribution in [0, 0.1) is 0 Å². The Kier molecular flexibility index (Phi) is 5.36. The summed E-state index contributed by atoms with van der Waals surface area (Å²) in [6, 6.07) is 7.46. The van der Waals surface area contributed by atoms with Crippen molar-refractivity contribution >= 4 is 10.8 Å². The van der Waals surface area contributed by atoms with Gasteiger partial charge in [-0.05, 0) is 43.5 Å². The highest BCUT2D eigenvalue weighted by atomic mass is 16.5. The molecule has 1 heterocycles. The zero-order valence-electron chi connectivity index (χ0n) is 12.5. The van der Waals surface area contributed by atoms with E-state index in [9.17, 15) is 4.79 Å². The number of hydrogen-bond donors (Lipinski definition) is 1. The first-order valence-electron chi connectivity index (χ1n) is 7.19. The molecule has 2 rings (SSSR count). The van der Waals surface area contributed by atoms with Crippen LogP contribution in [0.2, 0.25) is 0 Å². The summed E-state index contributed by atoms with van der Waals surface area (Å²) in [7, 11) is 0. The maximum absolute atomic E-state index is 12.4. The Labute approximate surface area is 124 Å². The lowest BCUT2D eigenvalue weighted by Gasteiger charge is -2.11. The molecule has 0 aliphatic heterocycles. The van der Waals surface area contributed by atoms with Crippen LogP contribution in [0.3, 0.4) is 0 Å². The summed E-state index contributed by atoms with van der Waals surface area (Å²) in [6.07, 6.45) is 1.90. The molecule has 2 N–H and O–H groups in total. The molecule has 0 amide bonds. The van der Waals surface area contributed by atoms with E-state index in [-0.39, 0.29) is 11.7 Å². The van der Waals surface area contributed by atoms with Gasteiger partial charge in [0.05, 0.1) is 19.3 Å². The summed E-state index contributed by atoms with van der Waals surface area (Å²) in [5, 5.41) is 1.57. The van der Waals surface area contributed by atoms with Crippen molar-refractivity contribution in [2.24, 2.45) is 5.73 Å². The number of aromatic nitrogens is 1. The van der Waals surface area contributed by atoms with Gasteiger partial charge in [0, 0.05) is 24.7 Å². The highest BCUT2D eigenvalue weighted by molar-refractivity contribution is 5.82. The first kappa shape index (κ1) is 15.5. The van der Waals surface area contributed by atoms with Crippen LogP contribution in [0.25, 0.3) is 10.8 Å². The van der Waals surface area contributed by atoms with Gasteiger partial charge >= 0.3 is 0 Å². The van der Waals surface area contributed by atoms with E-state index in [1.165, 1.54) is 0 Å². The van der Waals surface area contributed by atoms with E-state index in [0.29, 0.717) is 31.7 Å². The maximum Gasteiger partial charge on any atom is 0.258 e. The number of hydrogen-bond acceptors (Lipinski definition) is 4. The molecule has 5 nitrogen and oxygen atoms in total. The number of fused-ring (bicyclic) bond motifs is 1. The van der Waals surface area contributed by atoms with Crippen molar-refractivity contribution in [3.63, 3.8) is 0 Å². The van der Waals surface area contributed by atoms with Crippen LogP contribution in [0.5, 0.6) is 5.75 Å². The Morgan fingerprint density at radius 1 is 1.24 bits per heavy atom. The fourth-order valence-corrected chi connectivity index (χ4v) is 2.14. The summed E-state index contributed by atoms with van der Waals surface area (Å²) in [5.74, 6) is 0.779. The minimum atomic E-state index is -0.0139. The average Bonchev–Trinajstić information content (AvgIpc) is 2.45. The van der Waals surface area contributed by atoms with E-state index in [4.69, 9.17) is 15.2 Å². The summed E-state index contributed by atoms with van der Waals surface area (Å²) in [5.41, 5.74) is 5.34. The molecule has 114 valence electrons. The average molecular weight is 290 g/mol. The van der Waals surface area contributed by atoms with Gasteiger partial charge in [0.2, 0.25) is 0 Å². The first-order chi connectivity index (χ1) is 10.1. The SMILES string of the molecule is CC(C)Oc1ccc2c(=O)n(CCOCCN)ccc2c1. The van der Waals surface area contributed by atoms with Crippen molar-refractivity contribution in [1.82, 2.24) is 4.57 Å². The fraction of sp³-hybridized carbons (Fsp3) is 0.438. The smallest absolute Gasteiger partial charge is 0.258 e. The molecule has 0 atom stereocenters. The third kappa shape index (κ3) is 4.06. The Morgan fingerprint density at radius 2 is 2.05 bits per heavy atom. The highest BCUT2D eigenvalue weighted by Gasteiger charge is 2.05. The molecule has 0 fully saturated rings. The van der Waals surface area contributed by atoms with Crippen molar-refractivity contribution < 1.29 is 9.47 Å². The Morgan fingerprint density at radius 3 is 2.76 bits per heavy atom. The van der Waals surface area contributed by atoms with Gasteiger partial charge in [-0.15, -0.1) is 0 Å². The molecular formula is C16H22N2O3. The van der Waals surface area contributed by atoms with E-state index in [0.717, 1.165) is 11.1 Å². The predicted octanol–water partition coefficient (Wildman–Crippen LogP) is 1.76. The minimum Gasteiger partial charge on any atom is -0.491 e. The Bertz CT molecular complexity index is 650. The monoisotopic (exact) mass is 290 g/mol. The largest absolute Gasteiger partial charge is 0.491 e. The summed E-state index contributed by atoms with van der Waals surface area (Å²) >= 11 is 0. The van der Waals surface area contributed by atoms with E-state index >= 15 is 0 Å². The van der Waals surface area contributed by atoms with E-state index in [1.807, 2.05) is 38.1 Å². The number of nitrogens with two attached hydrogens (primary N) is 1. The van der Waals surface area contributed by atoms with Crippen LogP contribution in [0.4, 0.5) is 0 Å². The highest BCUT2D eigenvalue weighted by Crippen LogP contribution is 2.19. The van der Waals surface area contributed by atoms with Crippen LogP contribution in [0.15, 0.2) is 35.3 Å². The quantitative estimate of drug-likeness (QED) is 0.789. The molecule has 0 spiro atoms. The molecule has 0 bridgehead atoms. The zero-order chi connectivity index (χ0) is 15.2. The van der Waals surface area contributed by atoms with E-state index < -0.39 is 0 Å². The predicted molar refractivity (Wildman–Crippen MR) is 83.8 cm³/mol. The molecule has 0 unspecified atom stereocenters. The number of ether oxygens (including phenoxy) is 2. The molecule has 1 aromatic carbocycles. The second-order valence-electron chi connectivity index (χ2n) is 5.13. The number of rotatable bonds is 7. The molecule has 0 aliphatic rings. The lowest BCUT2D eigenvalue weighted by atomic mass is 10.1. The Balaban J connectivity index is 2.20. The van der Waals surface area contributed by atoms with E-state index in [2.05, 4.69) is 0 Å². The zero-order valence-corrected chi connectivity index (χ0v) is 12.5.